The first-order chi connectivity index (χ1) is 13.5. The third-order valence-corrected chi connectivity index (χ3v) is 4.75. The van der Waals surface area contributed by atoms with Crippen LogP contribution in [0, 0.1) is 0 Å². The van der Waals surface area contributed by atoms with Crippen molar-refractivity contribution < 1.29 is 9.53 Å². The molecular formula is C21H27N5O2. The molecule has 2 heterocycles. The van der Waals surface area contributed by atoms with E-state index in [9.17, 15) is 4.79 Å². The average Bonchev–Trinajstić information content (AvgIpc) is 3.14. The quantitative estimate of drug-likeness (QED) is 0.583. The highest BCUT2D eigenvalue weighted by atomic mass is 16.5. The number of carbonyl (C=O) groups is 1. The molecule has 7 nitrogen and oxygen atoms in total. The minimum Gasteiger partial charge on any atom is -0.466 e. The van der Waals surface area contributed by atoms with E-state index in [1.807, 2.05) is 0 Å². The number of hydrogen-bond donors (Lipinski definition) is 1. The van der Waals surface area contributed by atoms with E-state index in [0.717, 1.165) is 31.9 Å². The lowest BCUT2D eigenvalue weighted by Crippen LogP contribution is -2.27. The van der Waals surface area contributed by atoms with Crippen molar-refractivity contribution >= 4 is 23.6 Å². The molecule has 1 atom stereocenters. The SMILES string of the molecule is COC(=O)C=Cc1cnc(N[C@@H]2CCN(Cc3ccccc3N(C)C)C2)cn1. The van der Waals surface area contributed by atoms with Gasteiger partial charge in [-0.1, -0.05) is 18.2 Å². The molecule has 1 saturated heterocycles. The van der Waals surface area contributed by atoms with Crippen LogP contribution in [0.4, 0.5) is 11.5 Å². The van der Waals surface area contributed by atoms with Gasteiger partial charge in [-0.25, -0.2) is 9.78 Å². The first-order valence-corrected chi connectivity index (χ1v) is 9.37. The summed E-state index contributed by atoms with van der Waals surface area (Å²) in [4.78, 5) is 24.4. The molecule has 0 saturated carbocycles. The molecule has 2 aromatic rings. The molecule has 1 aromatic carbocycles. The number of anilines is 2. The number of ether oxygens (including phenoxy) is 1. The highest BCUT2D eigenvalue weighted by Crippen LogP contribution is 2.22. The first-order valence-electron chi connectivity index (χ1n) is 9.37. The minimum atomic E-state index is -0.411. The zero-order valence-corrected chi connectivity index (χ0v) is 16.6. The van der Waals surface area contributed by atoms with E-state index in [4.69, 9.17) is 0 Å². The van der Waals surface area contributed by atoms with Crippen molar-refractivity contribution in [2.45, 2.75) is 19.0 Å². The molecule has 28 heavy (non-hydrogen) atoms. The predicted molar refractivity (Wildman–Crippen MR) is 111 cm³/mol. The lowest BCUT2D eigenvalue weighted by molar-refractivity contribution is -0.134. The van der Waals surface area contributed by atoms with Gasteiger partial charge in [-0.05, 0) is 24.1 Å². The summed E-state index contributed by atoms with van der Waals surface area (Å²) in [5, 5.41) is 3.46. The second-order valence-electron chi connectivity index (χ2n) is 7.07. The molecule has 1 aromatic heterocycles. The van der Waals surface area contributed by atoms with E-state index in [-0.39, 0.29) is 0 Å². The van der Waals surface area contributed by atoms with Crippen molar-refractivity contribution in [1.29, 1.82) is 0 Å². The lowest BCUT2D eigenvalue weighted by Gasteiger charge is -2.22. The van der Waals surface area contributed by atoms with Crippen molar-refractivity contribution in [3.8, 4) is 0 Å². The van der Waals surface area contributed by atoms with Gasteiger partial charge < -0.3 is 15.0 Å². The van der Waals surface area contributed by atoms with Gasteiger partial charge in [0.1, 0.15) is 5.82 Å². The maximum Gasteiger partial charge on any atom is 0.330 e. The molecule has 0 spiro atoms. The number of rotatable bonds is 7. The summed E-state index contributed by atoms with van der Waals surface area (Å²) in [5.74, 6) is 0.335. The van der Waals surface area contributed by atoms with Crippen LogP contribution in [0.5, 0.6) is 0 Å². The topological polar surface area (TPSA) is 70.6 Å². The number of carbonyl (C=O) groups excluding carboxylic acids is 1. The largest absolute Gasteiger partial charge is 0.466 e. The first kappa shape index (κ1) is 19.8. The number of nitrogens with zero attached hydrogens (tertiary/aromatic N) is 4. The van der Waals surface area contributed by atoms with Gasteiger partial charge in [0.25, 0.3) is 0 Å². The Bertz CT molecular complexity index is 820. The van der Waals surface area contributed by atoms with E-state index in [0.29, 0.717) is 11.7 Å². The average molecular weight is 381 g/mol. The summed E-state index contributed by atoms with van der Waals surface area (Å²) < 4.78 is 4.56. The van der Waals surface area contributed by atoms with E-state index in [1.54, 1.807) is 18.5 Å². The van der Waals surface area contributed by atoms with Gasteiger partial charge in [-0.2, -0.15) is 0 Å². The molecule has 1 fully saturated rings. The standard InChI is InChI=1S/C21H27N5O2/c1-25(2)19-7-5-4-6-16(19)14-26-11-10-18(15-26)24-20-13-22-17(12-23-20)8-9-21(27)28-3/h4-9,12-13,18H,10-11,14-15H2,1-3H3,(H,23,24)/t18-/m1/s1. The summed E-state index contributed by atoms with van der Waals surface area (Å²) >= 11 is 0. The Labute approximate surface area is 166 Å². The fourth-order valence-corrected chi connectivity index (χ4v) is 3.35. The van der Waals surface area contributed by atoms with E-state index < -0.39 is 5.97 Å². The highest BCUT2D eigenvalue weighted by molar-refractivity contribution is 5.86. The summed E-state index contributed by atoms with van der Waals surface area (Å²) in [6.45, 7) is 2.95. The van der Waals surface area contributed by atoms with Crippen molar-refractivity contribution in [3.05, 3.63) is 54.0 Å². The zero-order chi connectivity index (χ0) is 19.9. The summed E-state index contributed by atoms with van der Waals surface area (Å²) in [6.07, 6.45) is 7.32. The molecule has 0 unspecified atom stereocenters. The number of para-hydroxylation sites is 1. The van der Waals surface area contributed by atoms with Gasteiger partial charge in [0.15, 0.2) is 0 Å². The minimum absolute atomic E-state index is 0.345. The second kappa shape index (κ2) is 9.32. The summed E-state index contributed by atoms with van der Waals surface area (Å²) in [7, 11) is 5.50. The van der Waals surface area contributed by atoms with Crippen molar-refractivity contribution in [1.82, 2.24) is 14.9 Å². The van der Waals surface area contributed by atoms with Crippen LogP contribution >= 0.6 is 0 Å². The molecule has 0 amide bonds. The Balaban J connectivity index is 1.54. The summed E-state index contributed by atoms with van der Waals surface area (Å²) in [6, 6.07) is 8.88. The molecule has 7 heteroatoms. The van der Waals surface area contributed by atoms with E-state index in [2.05, 4.69) is 68.2 Å². The summed E-state index contributed by atoms with van der Waals surface area (Å²) in [5.41, 5.74) is 3.22. The Morgan fingerprint density at radius 2 is 2.14 bits per heavy atom. The van der Waals surface area contributed by atoms with Gasteiger partial charge in [-0.3, -0.25) is 9.88 Å². The number of benzene rings is 1. The van der Waals surface area contributed by atoms with Crippen LogP contribution in [0.1, 0.15) is 17.7 Å². The smallest absolute Gasteiger partial charge is 0.330 e. The van der Waals surface area contributed by atoms with Crippen molar-refractivity contribution in [3.63, 3.8) is 0 Å². The Hall–Kier alpha value is -2.93. The molecule has 0 bridgehead atoms. The fourth-order valence-electron chi connectivity index (χ4n) is 3.35. The molecule has 1 aliphatic rings. The number of esters is 1. The van der Waals surface area contributed by atoms with Gasteiger partial charge in [0, 0.05) is 51.5 Å². The normalized spacial score (nSPS) is 17.0. The number of hydrogen-bond acceptors (Lipinski definition) is 7. The maximum atomic E-state index is 11.1. The van der Waals surface area contributed by atoms with Crippen LogP contribution in [0.2, 0.25) is 0 Å². The molecular weight excluding hydrogens is 354 g/mol. The molecule has 1 N–H and O–H groups in total. The number of methoxy groups -OCH3 is 1. The van der Waals surface area contributed by atoms with Gasteiger partial charge in [0.2, 0.25) is 0 Å². The van der Waals surface area contributed by atoms with E-state index >= 15 is 0 Å². The Morgan fingerprint density at radius 3 is 2.86 bits per heavy atom. The predicted octanol–water partition coefficient (Wildman–Crippen LogP) is 2.42. The maximum absolute atomic E-state index is 11.1. The van der Waals surface area contributed by atoms with Crippen LogP contribution in [0.3, 0.4) is 0 Å². The Kier molecular flexibility index (Phi) is 6.60. The molecule has 1 aliphatic heterocycles. The van der Waals surface area contributed by atoms with Gasteiger partial charge >= 0.3 is 5.97 Å². The Morgan fingerprint density at radius 1 is 1.32 bits per heavy atom. The van der Waals surface area contributed by atoms with Crippen LogP contribution in [0.25, 0.3) is 6.08 Å². The third-order valence-electron chi connectivity index (χ3n) is 4.75. The molecule has 0 aliphatic carbocycles. The zero-order valence-electron chi connectivity index (χ0n) is 16.6. The highest BCUT2D eigenvalue weighted by Gasteiger charge is 2.23. The van der Waals surface area contributed by atoms with Crippen molar-refractivity contribution in [2.75, 3.05) is 44.5 Å². The molecule has 0 radical (unpaired) electrons. The second-order valence-corrected chi connectivity index (χ2v) is 7.07. The van der Waals surface area contributed by atoms with Gasteiger partial charge in [-0.15, -0.1) is 0 Å². The fraction of sp³-hybridized carbons (Fsp3) is 0.381. The monoisotopic (exact) mass is 381 g/mol. The molecule has 3 rings (SSSR count). The van der Waals surface area contributed by atoms with Crippen LogP contribution < -0.4 is 10.2 Å². The van der Waals surface area contributed by atoms with Crippen LogP contribution in [0.15, 0.2) is 42.7 Å². The third kappa shape index (κ3) is 5.29. The lowest BCUT2D eigenvalue weighted by atomic mass is 10.1. The van der Waals surface area contributed by atoms with Gasteiger partial charge in [0.05, 0.1) is 25.2 Å². The van der Waals surface area contributed by atoms with Crippen molar-refractivity contribution in [2.24, 2.45) is 0 Å². The van der Waals surface area contributed by atoms with Crippen LogP contribution in [-0.2, 0) is 16.1 Å². The molecule has 148 valence electrons. The van der Waals surface area contributed by atoms with Crippen LogP contribution in [-0.4, -0.2) is 61.2 Å². The number of aromatic nitrogens is 2. The number of likely N-dealkylation sites (tertiary alicyclic amines) is 1. The number of nitrogens with one attached hydrogen (secondary N) is 1. The van der Waals surface area contributed by atoms with E-state index in [1.165, 1.54) is 24.4 Å².